The van der Waals surface area contributed by atoms with Crippen LogP contribution in [0.4, 0.5) is 0 Å². The summed E-state index contributed by atoms with van der Waals surface area (Å²) in [5.41, 5.74) is 10.9. The van der Waals surface area contributed by atoms with Crippen molar-refractivity contribution >= 4 is 21.8 Å². The van der Waals surface area contributed by atoms with Gasteiger partial charge in [-0.05, 0) is 89.9 Å². The lowest BCUT2D eigenvalue weighted by atomic mass is 9.81. The first-order valence-corrected chi connectivity index (χ1v) is 16.2. The number of nitrogens with zero attached hydrogens (tertiary/aromatic N) is 4. The zero-order chi connectivity index (χ0) is 32.8. The van der Waals surface area contributed by atoms with Crippen LogP contribution in [0.25, 0.3) is 44.4 Å². The van der Waals surface area contributed by atoms with E-state index in [0.29, 0.717) is 11.8 Å². The van der Waals surface area contributed by atoms with E-state index < -0.39 is 0 Å². The van der Waals surface area contributed by atoms with E-state index in [1.807, 2.05) is 47.3 Å². The fourth-order valence-electron chi connectivity index (χ4n) is 7.15. The van der Waals surface area contributed by atoms with Gasteiger partial charge in [0.15, 0.2) is 0 Å². The Morgan fingerprint density at radius 2 is 1.40 bits per heavy atom. The van der Waals surface area contributed by atoms with Crippen molar-refractivity contribution in [2.45, 2.75) is 53.4 Å². The third kappa shape index (κ3) is 5.44. The second-order valence-electron chi connectivity index (χ2n) is 12.9. The molecule has 236 valence electrons. The molecule has 3 heterocycles. The maximum atomic E-state index is 6.50. The lowest BCUT2D eigenvalue weighted by Crippen LogP contribution is -2.05. The Kier molecular flexibility index (Phi) is 7.80. The Bertz CT molecular complexity index is 2220. The van der Waals surface area contributed by atoms with Crippen LogP contribution in [-0.4, -0.2) is 26.4 Å². The number of ether oxygens (including phenoxy) is 2. The number of hydrogen-bond acceptors (Lipinski definition) is 4. The molecule has 0 unspecified atom stereocenters. The highest BCUT2D eigenvalue weighted by Crippen LogP contribution is 2.41. The minimum Gasteiger partial charge on any atom is -0.497 e. The Morgan fingerprint density at radius 1 is 0.681 bits per heavy atom. The van der Waals surface area contributed by atoms with Crippen LogP contribution in [-0.2, 0) is 0 Å². The molecule has 0 atom stereocenters. The quantitative estimate of drug-likeness (QED) is 0.170. The standard InChI is InChI=1S/C41H40N4O2/c1-25(2)39-27(5)19-28(6)40(26(3)4)41(39)29-23-43-44(24-29)30-11-10-12-32(20-30)47-33-15-16-35-34-13-8-9-14-36(34)45(37(35)21-33)38-22-31(46-7)17-18-42-38/h8-26H,1-7H3. The van der Waals surface area contributed by atoms with Gasteiger partial charge in [-0.25, -0.2) is 9.67 Å². The van der Waals surface area contributed by atoms with Gasteiger partial charge in [0, 0.05) is 46.9 Å². The molecule has 0 fully saturated rings. The van der Waals surface area contributed by atoms with Gasteiger partial charge in [-0.2, -0.15) is 5.10 Å². The molecule has 3 aromatic heterocycles. The molecule has 0 bridgehead atoms. The van der Waals surface area contributed by atoms with Gasteiger partial charge < -0.3 is 9.47 Å². The minimum atomic E-state index is 0.402. The number of rotatable bonds is 8. The molecule has 0 saturated heterocycles. The van der Waals surface area contributed by atoms with E-state index in [0.717, 1.165) is 56.1 Å². The number of para-hydroxylation sites is 1. The van der Waals surface area contributed by atoms with E-state index in [1.165, 1.54) is 27.8 Å². The molecule has 6 heteroatoms. The average molecular weight is 621 g/mol. The molecule has 0 saturated carbocycles. The van der Waals surface area contributed by atoms with E-state index in [9.17, 15) is 0 Å². The summed E-state index contributed by atoms with van der Waals surface area (Å²) in [5, 5.41) is 7.12. The Morgan fingerprint density at radius 3 is 2.15 bits per heavy atom. The van der Waals surface area contributed by atoms with Crippen molar-refractivity contribution in [3.8, 4) is 39.9 Å². The van der Waals surface area contributed by atoms with Crippen molar-refractivity contribution in [3.05, 3.63) is 126 Å². The largest absolute Gasteiger partial charge is 0.497 e. The van der Waals surface area contributed by atoms with Crippen molar-refractivity contribution in [2.24, 2.45) is 0 Å². The van der Waals surface area contributed by atoms with E-state index in [1.54, 1.807) is 13.3 Å². The summed E-state index contributed by atoms with van der Waals surface area (Å²) < 4.78 is 16.1. The molecule has 7 aromatic rings. The summed E-state index contributed by atoms with van der Waals surface area (Å²) >= 11 is 0. The number of fused-ring (bicyclic) bond motifs is 3. The molecular formula is C41H40N4O2. The van der Waals surface area contributed by atoms with Gasteiger partial charge in [0.25, 0.3) is 0 Å². The van der Waals surface area contributed by atoms with Crippen molar-refractivity contribution in [1.82, 2.24) is 19.3 Å². The number of aryl methyl sites for hydroxylation is 2. The normalized spacial score (nSPS) is 11.7. The molecule has 47 heavy (non-hydrogen) atoms. The van der Waals surface area contributed by atoms with Crippen LogP contribution in [0.2, 0.25) is 0 Å². The predicted octanol–water partition coefficient (Wildman–Crippen LogP) is 10.7. The average Bonchev–Trinajstić information content (AvgIpc) is 3.67. The van der Waals surface area contributed by atoms with Crippen LogP contribution in [0.3, 0.4) is 0 Å². The lowest BCUT2D eigenvalue weighted by Gasteiger charge is -2.23. The number of benzene rings is 4. The summed E-state index contributed by atoms with van der Waals surface area (Å²) in [6.45, 7) is 13.6. The maximum absolute atomic E-state index is 6.50. The van der Waals surface area contributed by atoms with E-state index in [-0.39, 0.29) is 0 Å². The molecule has 7 rings (SSSR count). The fourth-order valence-corrected chi connectivity index (χ4v) is 7.15. The molecule has 0 aliphatic rings. The summed E-state index contributed by atoms with van der Waals surface area (Å²) in [4.78, 5) is 4.68. The van der Waals surface area contributed by atoms with Gasteiger partial charge in [0.05, 0.1) is 30.0 Å². The summed E-state index contributed by atoms with van der Waals surface area (Å²) in [5.74, 6) is 3.82. The molecule has 4 aromatic carbocycles. The molecular weight excluding hydrogens is 580 g/mol. The molecule has 0 aliphatic heterocycles. The third-order valence-electron chi connectivity index (χ3n) is 8.99. The first-order valence-electron chi connectivity index (χ1n) is 16.2. The van der Waals surface area contributed by atoms with Gasteiger partial charge in [-0.15, -0.1) is 0 Å². The number of methoxy groups -OCH3 is 1. The van der Waals surface area contributed by atoms with Gasteiger partial charge in [0.2, 0.25) is 0 Å². The predicted molar refractivity (Wildman–Crippen MR) is 192 cm³/mol. The number of hydrogen-bond donors (Lipinski definition) is 0. The molecule has 6 nitrogen and oxygen atoms in total. The Hall–Kier alpha value is -5.36. The summed E-state index contributed by atoms with van der Waals surface area (Å²) in [6.07, 6.45) is 5.92. The highest BCUT2D eigenvalue weighted by molar-refractivity contribution is 6.09. The van der Waals surface area contributed by atoms with Gasteiger partial charge >= 0.3 is 0 Å². The maximum Gasteiger partial charge on any atom is 0.141 e. The monoisotopic (exact) mass is 620 g/mol. The van der Waals surface area contributed by atoms with Crippen LogP contribution in [0.15, 0.2) is 104 Å². The van der Waals surface area contributed by atoms with Crippen molar-refractivity contribution < 1.29 is 9.47 Å². The first-order chi connectivity index (χ1) is 22.7. The van der Waals surface area contributed by atoms with E-state index >= 15 is 0 Å². The summed E-state index contributed by atoms with van der Waals surface area (Å²) in [7, 11) is 1.67. The molecule has 0 N–H and O–H groups in total. The summed E-state index contributed by atoms with van der Waals surface area (Å²) in [6, 6.07) is 28.8. The second-order valence-corrected chi connectivity index (χ2v) is 12.9. The number of aromatic nitrogens is 4. The zero-order valence-electron chi connectivity index (χ0n) is 28.1. The zero-order valence-corrected chi connectivity index (χ0v) is 28.1. The van der Waals surface area contributed by atoms with Crippen LogP contribution in [0.5, 0.6) is 17.2 Å². The van der Waals surface area contributed by atoms with Crippen molar-refractivity contribution in [1.29, 1.82) is 0 Å². The van der Waals surface area contributed by atoms with Crippen molar-refractivity contribution in [2.75, 3.05) is 7.11 Å². The highest BCUT2D eigenvalue weighted by Gasteiger charge is 2.21. The molecule has 0 radical (unpaired) electrons. The van der Waals surface area contributed by atoms with Gasteiger partial charge in [-0.3, -0.25) is 4.57 Å². The minimum absolute atomic E-state index is 0.402. The Labute approximate surface area is 276 Å². The van der Waals surface area contributed by atoms with Crippen LogP contribution in [0, 0.1) is 13.8 Å². The first kappa shape index (κ1) is 30.3. The van der Waals surface area contributed by atoms with Gasteiger partial charge in [-0.1, -0.05) is 58.0 Å². The molecule has 0 spiro atoms. The fraction of sp³-hybridized carbons (Fsp3) is 0.220. The SMILES string of the molecule is COc1ccnc(-n2c3ccccc3c3ccc(Oc4cccc(-n5cc(-c6c(C(C)C)c(C)cc(C)c6C(C)C)cn5)c4)cc32)c1. The number of pyridine rings is 1. The molecule has 0 aliphatic carbocycles. The lowest BCUT2D eigenvalue weighted by molar-refractivity contribution is 0.414. The Balaban J connectivity index is 1.26. The van der Waals surface area contributed by atoms with Crippen LogP contribution < -0.4 is 9.47 Å². The van der Waals surface area contributed by atoms with Gasteiger partial charge in [0.1, 0.15) is 23.1 Å². The highest BCUT2D eigenvalue weighted by atomic mass is 16.5. The smallest absolute Gasteiger partial charge is 0.141 e. The van der Waals surface area contributed by atoms with Crippen molar-refractivity contribution in [3.63, 3.8) is 0 Å². The second kappa shape index (κ2) is 12.1. The van der Waals surface area contributed by atoms with Crippen LogP contribution >= 0.6 is 0 Å². The molecule has 0 amide bonds. The van der Waals surface area contributed by atoms with Crippen LogP contribution in [0.1, 0.15) is 61.8 Å². The van der Waals surface area contributed by atoms with E-state index in [2.05, 4.69) is 106 Å². The van der Waals surface area contributed by atoms with E-state index in [4.69, 9.17) is 14.6 Å². The third-order valence-corrected chi connectivity index (χ3v) is 8.99. The topological polar surface area (TPSA) is 54.1 Å².